The highest BCUT2D eigenvalue weighted by atomic mass is 32.1. The van der Waals surface area contributed by atoms with Crippen LogP contribution in [-0.4, -0.2) is 32.7 Å². The average molecular weight is 324 g/mol. The van der Waals surface area contributed by atoms with E-state index in [1.165, 1.54) is 19.1 Å². The van der Waals surface area contributed by atoms with Crippen LogP contribution in [0.25, 0.3) is 0 Å². The molecular weight excluding hydrogens is 305 g/mol. The molecule has 1 aromatic heterocycles. The summed E-state index contributed by atoms with van der Waals surface area (Å²) in [5, 5.41) is 0.434. The second-order valence-electron chi connectivity index (χ2n) is 4.99. The number of hydrogen-bond donors (Lipinski definition) is 1. The average Bonchev–Trinajstić information content (AvgIpc) is 2.71. The number of nitrogens with two attached hydrogens (primary N) is 1. The summed E-state index contributed by atoms with van der Waals surface area (Å²) in [6, 6.07) is 0. The van der Waals surface area contributed by atoms with E-state index < -0.39 is 12.6 Å². The number of carbonyl (C=O) groups excluding carboxylic acids is 1. The summed E-state index contributed by atoms with van der Waals surface area (Å²) in [6.45, 7) is 3.25. The second kappa shape index (κ2) is 6.55. The molecule has 8 heteroatoms. The number of methoxy groups -OCH3 is 1. The lowest BCUT2D eigenvalue weighted by molar-refractivity contribution is -0.132. The van der Waals surface area contributed by atoms with E-state index in [0.29, 0.717) is 9.88 Å². The topological polar surface area (TPSA) is 55.6 Å². The van der Waals surface area contributed by atoms with Crippen molar-refractivity contribution < 1.29 is 22.7 Å². The van der Waals surface area contributed by atoms with Crippen LogP contribution in [0.1, 0.15) is 29.9 Å². The summed E-state index contributed by atoms with van der Waals surface area (Å²) in [5.41, 5.74) is 6.08. The summed E-state index contributed by atoms with van der Waals surface area (Å²) >= 11 is 1.06. The first kappa shape index (κ1) is 17.6. The molecule has 2 N–H and O–H groups in total. The number of carbonyl (C=O) groups is 1. The summed E-state index contributed by atoms with van der Waals surface area (Å²) in [6.07, 6.45) is -5.18. The molecule has 0 spiro atoms. The number of Topliss-reactive ketones (excluding diaryl/α,β-unsaturated/α-hetero) is 1. The molecule has 1 aromatic rings. The Hall–Kier alpha value is -1.44. The van der Waals surface area contributed by atoms with Crippen LogP contribution in [0.2, 0.25) is 0 Å². The maximum Gasteiger partial charge on any atom is 0.390 e. The minimum absolute atomic E-state index is 0.147. The molecule has 0 saturated carbocycles. The second-order valence-corrected chi connectivity index (χ2v) is 5.99. The quantitative estimate of drug-likeness (QED) is 0.813. The lowest BCUT2D eigenvalue weighted by atomic mass is 10.1. The van der Waals surface area contributed by atoms with Crippen molar-refractivity contribution in [2.75, 3.05) is 31.3 Å². The molecule has 4 nitrogen and oxygen atoms in total. The number of nitrogen functional groups attached to an aromatic ring is 1. The molecule has 0 amide bonds. The third kappa shape index (κ3) is 4.26. The van der Waals surface area contributed by atoms with Gasteiger partial charge in [-0.2, -0.15) is 13.2 Å². The Labute approximate surface area is 125 Å². The first-order chi connectivity index (χ1) is 9.58. The summed E-state index contributed by atoms with van der Waals surface area (Å²) < 4.78 is 42.0. The molecule has 0 aromatic carbocycles. The van der Waals surface area contributed by atoms with Gasteiger partial charge in [0.05, 0.1) is 24.1 Å². The molecule has 0 radical (unpaired) electrons. The molecule has 0 aliphatic heterocycles. The molecule has 0 aliphatic rings. The van der Waals surface area contributed by atoms with E-state index in [1.807, 2.05) is 0 Å². The molecule has 120 valence electrons. The predicted molar refractivity (Wildman–Crippen MR) is 78.4 cm³/mol. The SMILES string of the molecule is COc1c(N(C)CCC(F)(F)F)sc(C(=O)C(C)C)c1N. The van der Waals surface area contributed by atoms with Gasteiger partial charge in [-0.05, 0) is 0 Å². The van der Waals surface area contributed by atoms with Crippen molar-refractivity contribution in [1.29, 1.82) is 0 Å². The third-order valence-electron chi connectivity index (χ3n) is 2.91. The number of nitrogens with zero attached hydrogens (tertiary/aromatic N) is 1. The van der Waals surface area contributed by atoms with Crippen LogP contribution in [0, 0.1) is 5.92 Å². The molecular formula is C13H19F3N2O2S. The Morgan fingerprint density at radius 1 is 1.43 bits per heavy atom. The molecule has 0 saturated heterocycles. The molecule has 1 heterocycles. The number of halogens is 3. The van der Waals surface area contributed by atoms with Gasteiger partial charge in [-0.25, -0.2) is 0 Å². The number of thiophene rings is 1. The van der Waals surface area contributed by atoms with Gasteiger partial charge in [0.2, 0.25) is 0 Å². The monoisotopic (exact) mass is 324 g/mol. The molecule has 0 unspecified atom stereocenters. The van der Waals surface area contributed by atoms with Crippen LogP contribution in [0.3, 0.4) is 0 Å². The maximum absolute atomic E-state index is 12.3. The van der Waals surface area contributed by atoms with Gasteiger partial charge in [0.15, 0.2) is 11.5 Å². The molecule has 0 aliphatic carbocycles. The van der Waals surface area contributed by atoms with E-state index in [0.717, 1.165) is 11.3 Å². The Balaban J connectivity index is 3.07. The number of rotatable bonds is 6. The normalized spacial score (nSPS) is 11.8. The van der Waals surface area contributed by atoms with Gasteiger partial charge in [0, 0.05) is 19.5 Å². The lowest BCUT2D eigenvalue weighted by Gasteiger charge is -2.19. The number of ether oxygens (including phenoxy) is 1. The minimum Gasteiger partial charge on any atom is -0.492 e. The minimum atomic E-state index is -4.24. The van der Waals surface area contributed by atoms with Crippen LogP contribution in [-0.2, 0) is 0 Å². The van der Waals surface area contributed by atoms with E-state index in [1.54, 1.807) is 13.8 Å². The summed E-state index contributed by atoms with van der Waals surface area (Å²) in [4.78, 5) is 13.8. The highest BCUT2D eigenvalue weighted by Crippen LogP contribution is 2.45. The van der Waals surface area contributed by atoms with Crippen molar-refractivity contribution >= 4 is 27.8 Å². The van der Waals surface area contributed by atoms with E-state index in [-0.39, 0.29) is 29.7 Å². The molecule has 0 bridgehead atoms. The lowest BCUT2D eigenvalue weighted by Crippen LogP contribution is -2.23. The summed E-state index contributed by atoms with van der Waals surface area (Å²) in [5.74, 6) is -0.135. The standard InChI is InChI=1S/C13H19F3N2O2S/c1-7(2)9(19)11-8(17)10(20-4)12(21-11)18(3)6-5-13(14,15)16/h7H,5-6,17H2,1-4H3. The van der Waals surface area contributed by atoms with Gasteiger partial charge in [-0.3, -0.25) is 4.79 Å². The van der Waals surface area contributed by atoms with Crippen molar-refractivity contribution in [2.45, 2.75) is 26.4 Å². The molecule has 0 atom stereocenters. The third-order valence-corrected chi connectivity index (χ3v) is 4.23. The zero-order valence-corrected chi connectivity index (χ0v) is 13.2. The fourth-order valence-corrected chi connectivity index (χ4v) is 2.97. The van der Waals surface area contributed by atoms with Crippen molar-refractivity contribution in [3.63, 3.8) is 0 Å². The largest absolute Gasteiger partial charge is 0.492 e. The smallest absolute Gasteiger partial charge is 0.390 e. The zero-order valence-electron chi connectivity index (χ0n) is 12.4. The number of anilines is 2. The number of ketones is 1. The number of hydrogen-bond acceptors (Lipinski definition) is 5. The van der Waals surface area contributed by atoms with Crippen molar-refractivity contribution in [1.82, 2.24) is 0 Å². The van der Waals surface area contributed by atoms with Crippen molar-refractivity contribution in [3.8, 4) is 5.75 Å². The van der Waals surface area contributed by atoms with Crippen molar-refractivity contribution in [2.24, 2.45) is 5.92 Å². The van der Waals surface area contributed by atoms with Crippen LogP contribution in [0.4, 0.5) is 23.9 Å². The van der Waals surface area contributed by atoms with Gasteiger partial charge in [-0.15, -0.1) is 11.3 Å². The van der Waals surface area contributed by atoms with Crippen LogP contribution in [0.15, 0.2) is 0 Å². The Kier molecular flexibility index (Phi) is 5.49. The van der Waals surface area contributed by atoms with Gasteiger partial charge >= 0.3 is 6.18 Å². The van der Waals surface area contributed by atoms with Gasteiger partial charge in [0.1, 0.15) is 5.00 Å². The van der Waals surface area contributed by atoms with Crippen molar-refractivity contribution in [3.05, 3.63) is 4.88 Å². The van der Waals surface area contributed by atoms with Gasteiger partial charge in [0.25, 0.3) is 0 Å². The Morgan fingerprint density at radius 2 is 2.00 bits per heavy atom. The maximum atomic E-state index is 12.3. The molecule has 0 fully saturated rings. The van der Waals surface area contributed by atoms with Crippen LogP contribution in [0.5, 0.6) is 5.75 Å². The first-order valence-electron chi connectivity index (χ1n) is 6.36. The van der Waals surface area contributed by atoms with Gasteiger partial charge < -0.3 is 15.4 Å². The van der Waals surface area contributed by atoms with E-state index in [2.05, 4.69) is 0 Å². The zero-order chi connectivity index (χ0) is 16.4. The van der Waals surface area contributed by atoms with E-state index >= 15 is 0 Å². The Morgan fingerprint density at radius 3 is 2.43 bits per heavy atom. The van der Waals surface area contributed by atoms with Gasteiger partial charge in [-0.1, -0.05) is 13.8 Å². The van der Waals surface area contributed by atoms with E-state index in [4.69, 9.17) is 10.5 Å². The fourth-order valence-electron chi connectivity index (χ4n) is 1.71. The van der Waals surface area contributed by atoms with E-state index in [9.17, 15) is 18.0 Å². The molecule has 1 rings (SSSR count). The van der Waals surface area contributed by atoms with Crippen LogP contribution >= 0.6 is 11.3 Å². The highest BCUT2D eigenvalue weighted by molar-refractivity contribution is 7.19. The first-order valence-corrected chi connectivity index (χ1v) is 7.18. The summed E-state index contributed by atoms with van der Waals surface area (Å²) in [7, 11) is 2.90. The molecule has 21 heavy (non-hydrogen) atoms. The highest BCUT2D eigenvalue weighted by Gasteiger charge is 2.30. The fraction of sp³-hybridized carbons (Fsp3) is 0.615. The van der Waals surface area contributed by atoms with Crippen LogP contribution < -0.4 is 15.4 Å². The predicted octanol–water partition coefficient (Wildman–Crippen LogP) is 3.57. The Bertz CT molecular complexity index is 512. The number of alkyl halides is 3.